The average Bonchev–Trinajstić information content (AvgIpc) is 3.85. The SMILES string of the molecule is Cc1ccc(-c2cccc(C3=c4ccc([nH]4)=CC4=NC(=Cc5ccc([nH]5)C(c5c(C)cc(C)cc5C)=C5CC=C3N5)CC4(C)C)c2)cc1. The lowest BCUT2D eigenvalue weighted by molar-refractivity contribution is 0.547. The van der Waals surface area contributed by atoms with Crippen LogP contribution in [-0.4, -0.2) is 15.7 Å². The molecule has 0 saturated carbocycles. The zero-order valence-corrected chi connectivity index (χ0v) is 28.7. The average molecular weight is 627 g/mol. The van der Waals surface area contributed by atoms with Crippen LogP contribution in [0.5, 0.6) is 0 Å². The Hall–Kier alpha value is -5.35. The molecule has 3 N–H and O–H groups in total. The highest BCUT2D eigenvalue weighted by molar-refractivity contribution is 6.15. The van der Waals surface area contributed by atoms with Gasteiger partial charge in [0.25, 0.3) is 0 Å². The highest BCUT2D eigenvalue weighted by Gasteiger charge is 2.31. The fraction of sp³-hybridized carbons (Fsp3) is 0.205. The second-order valence-electron chi connectivity index (χ2n) is 14.4. The number of hydrogen-bond donors (Lipinski definition) is 3. The molecule has 5 heterocycles. The van der Waals surface area contributed by atoms with Crippen LogP contribution in [0.4, 0.5) is 0 Å². The molecule has 8 bridgehead atoms. The number of aromatic amines is 2. The van der Waals surface area contributed by atoms with E-state index in [1.807, 2.05) is 0 Å². The molecule has 0 amide bonds. The Balaban J connectivity index is 1.38. The summed E-state index contributed by atoms with van der Waals surface area (Å²) in [7, 11) is 0. The third-order valence-corrected chi connectivity index (χ3v) is 9.98. The summed E-state index contributed by atoms with van der Waals surface area (Å²) in [6.45, 7) is 13.4. The lowest BCUT2D eigenvalue weighted by Gasteiger charge is -2.19. The molecule has 8 rings (SSSR count). The largest absolute Gasteiger partial charge is 0.358 e. The maximum atomic E-state index is 5.16. The van der Waals surface area contributed by atoms with Crippen LogP contribution in [0.15, 0.2) is 113 Å². The van der Waals surface area contributed by atoms with Gasteiger partial charge < -0.3 is 15.3 Å². The van der Waals surface area contributed by atoms with E-state index in [9.17, 15) is 0 Å². The summed E-state index contributed by atoms with van der Waals surface area (Å²) in [5.41, 5.74) is 18.9. The van der Waals surface area contributed by atoms with Crippen molar-refractivity contribution in [2.45, 2.75) is 54.4 Å². The van der Waals surface area contributed by atoms with Crippen LogP contribution in [0.2, 0.25) is 0 Å². The number of allylic oxidation sites excluding steroid dienone is 3. The first kappa shape index (κ1) is 30.0. The van der Waals surface area contributed by atoms with E-state index in [0.717, 1.165) is 63.2 Å². The summed E-state index contributed by atoms with van der Waals surface area (Å²) in [5, 5.41) is 6.09. The van der Waals surface area contributed by atoms with E-state index >= 15 is 0 Å². The molecule has 3 aliphatic rings. The van der Waals surface area contributed by atoms with Crippen molar-refractivity contribution in [2.75, 3.05) is 0 Å². The van der Waals surface area contributed by atoms with E-state index in [2.05, 4.69) is 160 Å². The molecule has 2 aromatic heterocycles. The number of nitrogens with zero attached hydrogens (tertiary/aromatic N) is 1. The first-order chi connectivity index (χ1) is 23.1. The Morgan fingerprint density at radius 1 is 0.688 bits per heavy atom. The summed E-state index contributed by atoms with van der Waals surface area (Å²) in [4.78, 5) is 12.7. The van der Waals surface area contributed by atoms with Crippen molar-refractivity contribution in [3.63, 3.8) is 0 Å². The van der Waals surface area contributed by atoms with Gasteiger partial charge in [0.15, 0.2) is 0 Å². The van der Waals surface area contributed by atoms with Gasteiger partial charge in [-0.15, -0.1) is 0 Å². The van der Waals surface area contributed by atoms with Crippen molar-refractivity contribution in [3.8, 4) is 11.1 Å². The Morgan fingerprint density at radius 3 is 2.25 bits per heavy atom. The van der Waals surface area contributed by atoms with Crippen molar-refractivity contribution in [1.82, 2.24) is 15.3 Å². The predicted molar refractivity (Wildman–Crippen MR) is 201 cm³/mol. The standard InChI is InChI=1S/C44H42N4/c1-26-10-12-30(13-11-26)31-8-7-9-32(22-31)42-36-16-15-34(46-36)24-40-44(5,6)25-35(47-40)23-33-14-17-38(45-33)43(39-19-18-37(42)48-39)41-28(3)20-27(2)21-29(41)4/h7-18,20-24,45-46,48H,19,25H2,1-6H3. The van der Waals surface area contributed by atoms with Gasteiger partial charge in [-0.1, -0.05) is 85.6 Å². The second kappa shape index (κ2) is 11.4. The molecule has 4 heteroatoms. The number of hydrogen-bond acceptors (Lipinski definition) is 2. The maximum Gasteiger partial charge on any atom is 0.0487 e. The molecule has 0 radical (unpaired) electrons. The number of nitrogens with one attached hydrogen (secondary N) is 3. The second-order valence-corrected chi connectivity index (χ2v) is 14.4. The lowest BCUT2D eigenvalue weighted by atomic mass is 9.85. The smallest absolute Gasteiger partial charge is 0.0487 e. The summed E-state index contributed by atoms with van der Waals surface area (Å²) in [6.07, 6.45) is 8.48. The highest BCUT2D eigenvalue weighted by Crippen LogP contribution is 2.39. The summed E-state index contributed by atoms with van der Waals surface area (Å²) in [6, 6.07) is 31.1. The van der Waals surface area contributed by atoms with Gasteiger partial charge >= 0.3 is 0 Å². The number of aliphatic imine (C=N–C) groups is 1. The van der Waals surface area contributed by atoms with Crippen molar-refractivity contribution < 1.29 is 0 Å². The van der Waals surface area contributed by atoms with Gasteiger partial charge in [-0.2, -0.15) is 0 Å². The first-order valence-electron chi connectivity index (χ1n) is 17.0. The van der Waals surface area contributed by atoms with E-state index < -0.39 is 0 Å². The van der Waals surface area contributed by atoms with Crippen molar-refractivity contribution in [2.24, 2.45) is 10.4 Å². The fourth-order valence-corrected chi connectivity index (χ4v) is 7.69. The number of benzene rings is 3. The Bertz CT molecular complexity index is 2340. The molecule has 0 aliphatic carbocycles. The molecule has 0 fully saturated rings. The minimum atomic E-state index is -0.0676. The minimum absolute atomic E-state index is 0.0676. The van der Waals surface area contributed by atoms with Gasteiger partial charge in [0.2, 0.25) is 0 Å². The molecule has 4 nitrogen and oxygen atoms in total. The zero-order valence-electron chi connectivity index (χ0n) is 28.7. The Kier molecular flexibility index (Phi) is 7.14. The van der Waals surface area contributed by atoms with Crippen LogP contribution in [0.1, 0.15) is 71.5 Å². The third-order valence-electron chi connectivity index (χ3n) is 9.98. The van der Waals surface area contributed by atoms with Gasteiger partial charge in [-0.05, 0) is 104 Å². The normalized spacial score (nSPS) is 16.7. The number of H-pyrrole nitrogens is 2. The summed E-state index contributed by atoms with van der Waals surface area (Å²) in [5.74, 6) is 0. The van der Waals surface area contributed by atoms with Crippen LogP contribution in [0.3, 0.4) is 0 Å². The fourth-order valence-electron chi connectivity index (χ4n) is 7.69. The molecule has 3 aromatic carbocycles. The highest BCUT2D eigenvalue weighted by atomic mass is 14.9. The van der Waals surface area contributed by atoms with Crippen LogP contribution in [0.25, 0.3) is 34.4 Å². The van der Waals surface area contributed by atoms with Gasteiger partial charge in [0.1, 0.15) is 0 Å². The number of rotatable bonds is 3. The molecular weight excluding hydrogens is 585 g/mol. The van der Waals surface area contributed by atoms with E-state index in [4.69, 9.17) is 4.99 Å². The van der Waals surface area contributed by atoms with Gasteiger partial charge in [-0.25, -0.2) is 0 Å². The van der Waals surface area contributed by atoms with Crippen LogP contribution < -0.4 is 16.0 Å². The number of fused-ring (bicyclic) bond motifs is 7. The number of aromatic nitrogens is 2. The van der Waals surface area contributed by atoms with E-state index in [1.54, 1.807) is 0 Å². The first-order valence-corrected chi connectivity index (χ1v) is 17.0. The molecule has 238 valence electrons. The van der Waals surface area contributed by atoms with Crippen molar-refractivity contribution in [1.29, 1.82) is 0 Å². The Morgan fingerprint density at radius 2 is 1.46 bits per heavy atom. The van der Waals surface area contributed by atoms with E-state index in [-0.39, 0.29) is 5.41 Å². The summed E-state index contributed by atoms with van der Waals surface area (Å²) < 4.78 is 0. The van der Waals surface area contributed by atoms with Gasteiger partial charge in [0, 0.05) is 74.3 Å². The van der Waals surface area contributed by atoms with E-state index in [1.165, 1.54) is 50.2 Å². The topological polar surface area (TPSA) is 56.0 Å². The summed E-state index contributed by atoms with van der Waals surface area (Å²) >= 11 is 0. The third kappa shape index (κ3) is 5.41. The van der Waals surface area contributed by atoms with Gasteiger partial charge in [0.05, 0.1) is 0 Å². The molecule has 0 spiro atoms. The molecule has 0 unspecified atom stereocenters. The Labute approximate surface area is 283 Å². The molecule has 3 aliphatic heterocycles. The zero-order chi connectivity index (χ0) is 33.2. The van der Waals surface area contributed by atoms with Crippen LogP contribution >= 0.6 is 0 Å². The molecular formula is C44H42N4. The molecule has 0 atom stereocenters. The maximum absolute atomic E-state index is 5.16. The quantitative estimate of drug-likeness (QED) is 0.184. The van der Waals surface area contributed by atoms with Crippen molar-refractivity contribution in [3.05, 3.63) is 164 Å². The van der Waals surface area contributed by atoms with Gasteiger partial charge in [-0.3, -0.25) is 4.99 Å². The van der Waals surface area contributed by atoms with E-state index in [0.29, 0.717) is 0 Å². The molecule has 0 saturated heterocycles. The molecule has 5 aromatic rings. The number of aryl methyl sites for hydroxylation is 4. The van der Waals surface area contributed by atoms with Crippen molar-refractivity contribution >= 4 is 29.0 Å². The van der Waals surface area contributed by atoms with Crippen LogP contribution in [-0.2, 0) is 0 Å². The predicted octanol–water partition coefficient (Wildman–Crippen LogP) is 8.79. The minimum Gasteiger partial charge on any atom is -0.358 e. The molecule has 48 heavy (non-hydrogen) atoms. The van der Waals surface area contributed by atoms with Crippen LogP contribution in [0, 0.1) is 33.1 Å². The monoisotopic (exact) mass is 626 g/mol. The lowest BCUT2D eigenvalue weighted by Crippen LogP contribution is -2.22.